The van der Waals surface area contributed by atoms with Crippen LogP contribution in [-0.2, 0) is 9.59 Å². The van der Waals surface area contributed by atoms with E-state index in [1.807, 2.05) is 14.0 Å². The Bertz CT molecular complexity index is 338. The van der Waals surface area contributed by atoms with Gasteiger partial charge in [0.2, 0.25) is 5.91 Å². The maximum Gasteiger partial charge on any atom is 0.303 e. The van der Waals surface area contributed by atoms with E-state index in [1.54, 1.807) is 0 Å². The van der Waals surface area contributed by atoms with Gasteiger partial charge in [-0.05, 0) is 38.6 Å². The number of hydrogen-bond acceptors (Lipinski definition) is 3. The van der Waals surface area contributed by atoms with Crippen LogP contribution >= 0.6 is 0 Å². The zero-order valence-corrected chi connectivity index (χ0v) is 13.4. The molecular formula is C16H30N2O3. The highest BCUT2D eigenvalue weighted by Crippen LogP contribution is 2.30. The van der Waals surface area contributed by atoms with Gasteiger partial charge in [0.25, 0.3) is 0 Å². The van der Waals surface area contributed by atoms with Crippen molar-refractivity contribution in [3.05, 3.63) is 0 Å². The summed E-state index contributed by atoms with van der Waals surface area (Å²) >= 11 is 0. The molecule has 3 N–H and O–H groups in total. The summed E-state index contributed by atoms with van der Waals surface area (Å²) in [6, 6.07) is 0. The highest BCUT2D eigenvalue weighted by Gasteiger charge is 2.32. The van der Waals surface area contributed by atoms with Crippen LogP contribution in [0.3, 0.4) is 0 Å². The number of nitrogens with one attached hydrogen (secondary N) is 2. The third kappa shape index (κ3) is 6.93. The van der Waals surface area contributed by atoms with Gasteiger partial charge in [-0.15, -0.1) is 0 Å². The molecule has 1 amide bonds. The van der Waals surface area contributed by atoms with Crippen LogP contribution in [0.25, 0.3) is 0 Å². The number of aliphatic carboxylic acids is 1. The average Bonchev–Trinajstić information content (AvgIpc) is 2.46. The SMILES string of the molecule is CNC1(CC(=O)NCCC(C)CCC(=O)O)CCCCC1. The average molecular weight is 298 g/mol. The molecule has 122 valence electrons. The van der Waals surface area contributed by atoms with E-state index < -0.39 is 5.97 Å². The van der Waals surface area contributed by atoms with E-state index in [4.69, 9.17) is 5.11 Å². The molecule has 0 aliphatic heterocycles. The molecule has 1 saturated carbocycles. The maximum atomic E-state index is 12.1. The van der Waals surface area contributed by atoms with Crippen LogP contribution < -0.4 is 10.6 Å². The van der Waals surface area contributed by atoms with E-state index in [-0.39, 0.29) is 17.9 Å². The highest BCUT2D eigenvalue weighted by atomic mass is 16.4. The minimum absolute atomic E-state index is 0.0166. The van der Waals surface area contributed by atoms with Crippen molar-refractivity contribution < 1.29 is 14.7 Å². The lowest BCUT2D eigenvalue weighted by molar-refractivity contribution is -0.137. The van der Waals surface area contributed by atoms with Gasteiger partial charge in [0.1, 0.15) is 0 Å². The summed E-state index contributed by atoms with van der Waals surface area (Å²) in [4.78, 5) is 22.6. The van der Waals surface area contributed by atoms with Crippen molar-refractivity contribution in [1.82, 2.24) is 10.6 Å². The Hall–Kier alpha value is -1.10. The van der Waals surface area contributed by atoms with E-state index in [9.17, 15) is 9.59 Å². The molecule has 1 aliphatic carbocycles. The van der Waals surface area contributed by atoms with Gasteiger partial charge in [0, 0.05) is 24.9 Å². The molecule has 0 radical (unpaired) electrons. The largest absolute Gasteiger partial charge is 0.481 e. The number of carboxylic acids is 1. The fourth-order valence-electron chi connectivity index (χ4n) is 3.09. The molecule has 1 unspecified atom stereocenters. The molecule has 21 heavy (non-hydrogen) atoms. The number of carboxylic acid groups (broad SMARTS) is 1. The third-order valence-corrected chi connectivity index (χ3v) is 4.65. The topological polar surface area (TPSA) is 78.4 Å². The first-order chi connectivity index (χ1) is 9.97. The predicted octanol–water partition coefficient (Wildman–Crippen LogP) is 2.31. The third-order valence-electron chi connectivity index (χ3n) is 4.65. The van der Waals surface area contributed by atoms with Crippen LogP contribution in [-0.4, -0.2) is 36.1 Å². The lowest BCUT2D eigenvalue weighted by atomic mass is 9.79. The molecule has 1 fully saturated rings. The Kier molecular flexibility index (Phi) is 7.72. The molecule has 1 atom stereocenters. The number of hydrogen-bond donors (Lipinski definition) is 3. The van der Waals surface area contributed by atoms with Crippen molar-refractivity contribution in [3.8, 4) is 0 Å². The molecular weight excluding hydrogens is 268 g/mol. The summed E-state index contributed by atoms with van der Waals surface area (Å²) in [6.45, 7) is 2.67. The maximum absolute atomic E-state index is 12.1. The normalized spacial score (nSPS) is 19.0. The lowest BCUT2D eigenvalue weighted by Crippen LogP contribution is -2.48. The number of carbonyl (C=O) groups excluding carboxylic acids is 1. The van der Waals surface area contributed by atoms with Crippen LogP contribution in [0.4, 0.5) is 0 Å². The minimum atomic E-state index is -0.751. The fraction of sp³-hybridized carbons (Fsp3) is 0.875. The van der Waals surface area contributed by atoms with Crippen LogP contribution in [0.1, 0.15) is 64.7 Å². The second-order valence-corrected chi connectivity index (χ2v) is 6.44. The van der Waals surface area contributed by atoms with Gasteiger partial charge in [0.05, 0.1) is 0 Å². The Balaban J connectivity index is 2.22. The van der Waals surface area contributed by atoms with Gasteiger partial charge < -0.3 is 15.7 Å². The van der Waals surface area contributed by atoms with Gasteiger partial charge in [-0.1, -0.05) is 26.2 Å². The Morgan fingerprint density at radius 3 is 2.43 bits per heavy atom. The number of carbonyl (C=O) groups is 2. The van der Waals surface area contributed by atoms with E-state index >= 15 is 0 Å². The van der Waals surface area contributed by atoms with Crippen molar-refractivity contribution >= 4 is 11.9 Å². The van der Waals surface area contributed by atoms with Crippen molar-refractivity contribution in [2.45, 2.75) is 70.3 Å². The molecule has 0 aromatic rings. The first-order valence-electron chi connectivity index (χ1n) is 8.15. The summed E-state index contributed by atoms with van der Waals surface area (Å²) < 4.78 is 0. The minimum Gasteiger partial charge on any atom is -0.481 e. The lowest BCUT2D eigenvalue weighted by Gasteiger charge is -2.36. The van der Waals surface area contributed by atoms with Gasteiger partial charge >= 0.3 is 5.97 Å². The van der Waals surface area contributed by atoms with Crippen molar-refractivity contribution in [2.24, 2.45) is 5.92 Å². The monoisotopic (exact) mass is 298 g/mol. The number of rotatable bonds is 9. The van der Waals surface area contributed by atoms with Gasteiger partial charge in [-0.3, -0.25) is 9.59 Å². The predicted molar refractivity (Wildman–Crippen MR) is 83.2 cm³/mol. The Morgan fingerprint density at radius 1 is 1.19 bits per heavy atom. The van der Waals surface area contributed by atoms with Crippen molar-refractivity contribution in [3.63, 3.8) is 0 Å². The summed E-state index contributed by atoms with van der Waals surface area (Å²) in [6.07, 6.45) is 8.08. The first-order valence-corrected chi connectivity index (χ1v) is 8.15. The molecule has 0 aromatic carbocycles. The fourth-order valence-corrected chi connectivity index (χ4v) is 3.09. The molecule has 1 rings (SSSR count). The Labute approximate surface area is 127 Å². The van der Waals surface area contributed by atoms with E-state index in [0.29, 0.717) is 25.3 Å². The van der Waals surface area contributed by atoms with Crippen LogP contribution in [0.15, 0.2) is 0 Å². The van der Waals surface area contributed by atoms with Crippen LogP contribution in [0, 0.1) is 5.92 Å². The van der Waals surface area contributed by atoms with Gasteiger partial charge in [0.15, 0.2) is 0 Å². The first kappa shape index (κ1) is 18.0. The smallest absolute Gasteiger partial charge is 0.303 e. The Morgan fingerprint density at radius 2 is 1.86 bits per heavy atom. The summed E-state index contributed by atoms with van der Waals surface area (Å²) in [5.41, 5.74) is -0.0166. The highest BCUT2D eigenvalue weighted by molar-refractivity contribution is 5.77. The second kappa shape index (κ2) is 9.03. The molecule has 0 spiro atoms. The molecule has 5 heteroatoms. The van der Waals surface area contributed by atoms with E-state index in [1.165, 1.54) is 19.3 Å². The van der Waals surface area contributed by atoms with Crippen molar-refractivity contribution in [2.75, 3.05) is 13.6 Å². The zero-order valence-electron chi connectivity index (χ0n) is 13.4. The summed E-state index contributed by atoms with van der Waals surface area (Å²) in [7, 11) is 1.95. The standard InChI is InChI=1S/C16H30N2O3/c1-13(6-7-15(20)21)8-11-18-14(19)12-16(17-2)9-4-3-5-10-16/h13,17H,3-12H2,1-2H3,(H,18,19)(H,20,21). The molecule has 0 saturated heterocycles. The summed E-state index contributed by atoms with van der Waals surface area (Å²) in [5.74, 6) is -0.315. The molecule has 0 heterocycles. The van der Waals surface area contributed by atoms with Gasteiger partial charge in [-0.2, -0.15) is 0 Å². The van der Waals surface area contributed by atoms with Crippen LogP contribution in [0.2, 0.25) is 0 Å². The quantitative estimate of drug-likeness (QED) is 0.610. The summed E-state index contributed by atoms with van der Waals surface area (Å²) in [5, 5.41) is 15.0. The van der Waals surface area contributed by atoms with Crippen molar-refractivity contribution in [1.29, 1.82) is 0 Å². The van der Waals surface area contributed by atoms with E-state index in [2.05, 4.69) is 10.6 Å². The van der Waals surface area contributed by atoms with Gasteiger partial charge in [-0.25, -0.2) is 0 Å². The molecule has 5 nitrogen and oxygen atoms in total. The van der Waals surface area contributed by atoms with E-state index in [0.717, 1.165) is 19.3 Å². The van der Waals surface area contributed by atoms with Crippen LogP contribution in [0.5, 0.6) is 0 Å². The molecule has 0 bridgehead atoms. The zero-order chi connectivity index (χ0) is 15.7. The molecule has 0 aromatic heterocycles. The molecule has 1 aliphatic rings. The number of amides is 1. The second-order valence-electron chi connectivity index (χ2n) is 6.44.